The van der Waals surface area contributed by atoms with Crippen molar-refractivity contribution < 1.29 is 9.90 Å². The molecule has 3 nitrogen and oxygen atoms in total. The fourth-order valence-corrected chi connectivity index (χ4v) is 0.658. The van der Waals surface area contributed by atoms with Crippen LogP contribution in [0.5, 0.6) is 0 Å². The predicted octanol–water partition coefficient (Wildman–Crippen LogP) is 1.37. The lowest BCUT2D eigenvalue weighted by molar-refractivity contribution is 0.0691. The van der Waals surface area contributed by atoms with E-state index < -0.39 is 5.97 Å². The van der Waals surface area contributed by atoms with Gasteiger partial charge in [0.05, 0.1) is 0 Å². The van der Waals surface area contributed by atoms with Gasteiger partial charge in [-0.2, -0.15) is 0 Å². The Labute approximate surface area is 56.3 Å². The van der Waals surface area contributed by atoms with Crippen LogP contribution in [-0.4, -0.2) is 16.1 Å². The highest BCUT2D eigenvalue weighted by Gasteiger charge is 2.02. The van der Waals surface area contributed by atoms with E-state index in [0.717, 1.165) is 0 Å². The number of carbonyl (C=O) groups is 1. The highest BCUT2D eigenvalue weighted by molar-refractivity contribution is 6.29. The molecular formula is C5H4ClNO2. The second-order valence-corrected chi connectivity index (χ2v) is 1.93. The Morgan fingerprint density at radius 2 is 2.33 bits per heavy atom. The van der Waals surface area contributed by atoms with Crippen LogP contribution in [0.15, 0.2) is 12.1 Å². The van der Waals surface area contributed by atoms with E-state index in [2.05, 4.69) is 4.98 Å². The molecule has 0 radical (unpaired) electrons. The van der Waals surface area contributed by atoms with Gasteiger partial charge in [0.1, 0.15) is 10.8 Å². The van der Waals surface area contributed by atoms with Gasteiger partial charge in [0.2, 0.25) is 0 Å². The summed E-state index contributed by atoms with van der Waals surface area (Å²) < 4.78 is 0. The molecule has 4 heteroatoms. The molecule has 48 valence electrons. The molecule has 1 heterocycles. The molecule has 0 amide bonds. The van der Waals surface area contributed by atoms with Crippen molar-refractivity contribution in [2.45, 2.75) is 0 Å². The van der Waals surface area contributed by atoms with Gasteiger partial charge in [0.25, 0.3) is 0 Å². The minimum atomic E-state index is -0.998. The summed E-state index contributed by atoms with van der Waals surface area (Å²) in [6, 6.07) is 2.90. The van der Waals surface area contributed by atoms with Crippen molar-refractivity contribution in [3.05, 3.63) is 23.0 Å². The van der Waals surface area contributed by atoms with Crippen LogP contribution in [0.2, 0.25) is 5.15 Å². The third-order valence-electron chi connectivity index (χ3n) is 0.881. The first-order valence-corrected chi connectivity index (χ1v) is 2.66. The van der Waals surface area contributed by atoms with E-state index in [1.165, 1.54) is 12.1 Å². The van der Waals surface area contributed by atoms with Crippen molar-refractivity contribution >= 4 is 17.6 Å². The molecule has 0 spiro atoms. The van der Waals surface area contributed by atoms with E-state index in [9.17, 15) is 4.79 Å². The number of hydrogen-bond donors (Lipinski definition) is 2. The van der Waals surface area contributed by atoms with Gasteiger partial charge in [-0.25, -0.2) is 4.79 Å². The van der Waals surface area contributed by atoms with Crippen molar-refractivity contribution in [1.29, 1.82) is 0 Å². The van der Waals surface area contributed by atoms with E-state index in [-0.39, 0.29) is 5.69 Å². The zero-order valence-electron chi connectivity index (χ0n) is 4.39. The first-order chi connectivity index (χ1) is 4.20. The molecule has 0 atom stereocenters. The number of hydrogen-bond acceptors (Lipinski definition) is 1. The number of nitrogens with one attached hydrogen (secondary N) is 1. The van der Waals surface area contributed by atoms with Crippen molar-refractivity contribution in [2.24, 2.45) is 0 Å². The summed E-state index contributed by atoms with van der Waals surface area (Å²) in [6.07, 6.45) is 0. The van der Waals surface area contributed by atoms with Crippen molar-refractivity contribution in [2.75, 3.05) is 0 Å². The van der Waals surface area contributed by atoms with Gasteiger partial charge < -0.3 is 10.1 Å². The monoisotopic (exact) mass is 145 g/mol. The summed E-state index contributed by atoms with van der Waals surface area (Å²) in [5.41, 5.74) is 0.111. The van der Waals surface area contributed by atoms with Crippen LogP contribution in [0, 0.1) is 0 Å². The minimum absolute atomic E-state index is 0.111. The molecule has 0 aromatic carbocycles. The van der Waals surface area contributed by atoms with Crippen LogP contribution < -0.4 is 0 Å². The Hall–Kier alpha value is -0.960. The SMILES string of the molecule is O=C(O)c1ccc(Cl)[nH]1. The van der Waals surface area contributed by atoms with E-state index in [1.54, 1.807) is 0 Å². The number of aromatic nitrogens is 1. The summed E-state index contributed by atoms with van der Waals surface area (Å²) in [5.74, 6) is -0.998. The Balaban J connectivity index is 2.98. The fraction of sp³-hybridized carbons (Fsp3) is 0. The first kappa shape index (κ1) is 6.16. The third-order valence-corrected chi connectivity index (χ3v) is 1.10. The quantitative estimate of drug-likeness (QED) is 0.627. The van der Waals surface area contributed by atoms with Crippen molar-refractivity contribution in [3.63, 3.8) is 0 Å². The van der Waals surface area contributed by atoms with E-state index in [4.69, 9.17) is 16.7 Å². The van der Waals surface area contributed by atoms with E-state index >= 15 is 0 Å². The summed E-state index contributed by atoms with van der Waals surface area (Å²) in [7, 11) is 0. The zero-order valence-corrected chi connectivity index (χ0v) is 5.14. The van der Waals surface area contributed by atoms with E-state index in [1.807, 2.05) is 0 Å². The van der Waals surface area contributed by atoms with Gasteiger partial charge in [-0.15, -0.1) is 0 Å². The number of H-pyrrole nitrogens is 1. The molecule has 0 saturated heterocycles. The molecule has 0 unspecified atom stereocenters. The van der Waals surface area contributed by atoms with Gasteiger partial charge >= 0.3 is 5.97 Å². The fourth-order valence-electron chi connectivity index (χ4n) is 0.493. The molecule has 9 heavy (non-hydrogen) atoms. The largest absolute Gasteiger partial charge is 0.477 e. The maximum absolute atomic E-state index is 10.1. The lowest BCUT2D eigenvalue weighted by Crippen LogP contribution is -1.94. The van der Waals surface area contributed by atoms with Crippen LogP contribution in [-0.2, 0) is 0 Å². The molecule has 1 rings (SSSR count). The van der Waals surface area contributed by atoms with Crippen LogP contribution in [0.25, 0.3) is 0 Å². The predicted molar refractivity (Wildman–Crippen MR) is 32.8 cm³/mol. The van der Waals surface area contributed by atoms with Crippen LogP contribution >= 0.6 is 11.6 Å². The Morgan fingerprint density at radius 3 is 2.56 bits per heavy atom. The molecular weight excluding hydrogens is 142 g/mol. The van der Waals surface area contributed by atoms with Gasteiger partial charge in [-0.05, 0) is 12.1 Å². The molecule has 0 aliphatic carbocycles. The number of aromatic amines is 1. The molecule has 0 fully saturated rings. The smallest absolute Gasteiger partial charge is 0.352 e. The Kier molecular flexibility index (Phi) is 1.44. The topological polar surface area (TPSA) is 53.1 Å². The van der Waals surface area contributed by atoms with Crippen LogP contribution in [0.4, 0.5) is 0 Å². The Morgan fingerprint density at radius 1 is 1.67 bits per heavy atom. The summed E-state index contributed by atoms with van der Waals surface area (Å²) >= 11 is 5.39. The molecule has 1 aromatic heterocycles. The summed E-state index contributed by atoms with van der Waals surface area (Å²) in [4.78, 5) is 12.6. The number of aromatic carboxylic acids is 1. The first-order valence-electron chi connectivity index (χ1n) is 2.28. The maximum Gasteiger partial charge on any atom is 0.352 e. The van der Waals surface area contributed by atoms with Crippen LogP contribution in [0.1, 0.15) is 10.5 Å². The Bertz CT molecular complexity index is 231. The van der Waals surface area contributed by atoms with Gasteiger partial charge in [0, 0.05) is 0 Å². The van der Waals surface area contributed by atoms with Crippen molar-refractivity contribution in [1.82, 2.24) is 4.98 Å². The van der Waals surface area contributed by atoms with Gasteiger partial charge in [-0.1, -0.05) is 11.6 Å². The second kappa shape index (κ2) is 2.11. The standard InChI is InChI=1S/C5H4ClNO2/c6-4-2-1-3(7-4)5(8)9/h1-2,7H,(H,8,9). The van der Waals surface area contributed by atoms with Gasteiger partial charge in [-0.3, -0.25) is 0 Å². The molecule has 0 aliphatic rings. The van der Waals surface area contributed by atoms with Crippen molar-refractivity contribution in [3.8, 4) is 0 Å². The van der Waals surface area contributed by atoms with Crippen LogP contribution in [0.3, 0.4) is 0 Å². The lowest BCUT2D eigenvalue weighted by atomic mass is 10.4. The highest BCUT2D eigenvalue weighted by atomic mass is 35.5. The third kappa shape index (κ3) is 1.23. The lowest BCUT2D eigenvalue weighted by Gasteiger charge is -1.82. The number of halogens is 1. The number of rotatable bonds is 1. The summed E-state index contributed by atoms with van der Waals surface area (Å²) in [6.45, 7) is 0. The molecule has 0 saturated carbocycles. The van der Waals surface area contributed by atoms with Gasteiger partial charge in [0.15, 0.2) is 0 Å². The number of carboxylic acid groups (broad SMARTS) is 1. The molecule has 0 bridgehead atoms. The van der Waals surface area contributed by atoms with E-state index in [0.29, 0.717) is 5.15 Å². The number of carboxylic acids is 1. The average molecular weight is 146 g/mol. The average Bonchev–Trinajstić information content (AvgIpc) is 2.14. The molecule has 1 aromatic rings. The zero-order chi connectivity index (χ0) is 6.85. The molecule has 0 aliphatic heterocycles. The normalized spacial score (nSPS) is 9.44. The highest BCUT2D eigenvalue weighted by Crippen LogP contribution is 2.06. The maximum atomic E-state index is 10.1. The second-order valence-electron chi connectivity index (χ2n) is 1.53. The summed E-state index contributed by atoms with van der Waals surface area (Å²) in [5, 5.41) is 8.65. The minimum Gasteiger partial charge on any atom is -0.477 e. The molecule has 2 N–H and O–H groups in total.